The topological polar surface area (TPSA) is 26.5 Å². The molecule has 2 aliphatic rings. The lowest BCUT2D eigenvalue weighted by atomic mass is 10.1. The zero-order valence-corrected chi connectivity index (χ0v) is 16.9. The van der Waals surface area contributed by atoms with Gasteiger partial charge >= 0.3 is 6.18 Å². The number of rotatable bonds is 2. The number of nitrogens with zero attached hydrogens (tertiary/aromatic N) is 2. The fraction of sp³-hybridized carbons (Fsp3) is 0.421. The summed E-state index contributed by atoms with van der Waals surface area (Å²) in [7, 11) is 0. The van der Waals surface area contributed by atoms with Gasteiger partial charge in [0.2, 0.25) is 0 Å². The van der Waals surface area contributed by atoms with Gasteiger partial charge in [-0.25, -0.2) is 0 Å². The quantitative estimate of drug-likeness (QED) is 0.686. The molecular formula is C19H20BrF3N2OS. The number of aliphatic hydroxyl groups is 1. The fourth-order valence-electron chi connectivity index (χ4n) is 3.90. The van der Waals surface area contributed by atoms with Crippen molar-refractivity contribution in [3.63, 3.8) is 0 Å². The average Bonchev–Trinajstić information content (AvgIpc) is 3.17. The molecule has 0 amide bonds. The number of thiophene rings is 1. The standard InChI is InChI=1S/C19H20F3N2OS.BrH/c20-19(21,22)14-6-4-7-15(12-14)24-17-9-2-1-3-10-23(17)13-18(24,25)16-8-5-11-26-16;/h4-8,11-12,25H,1-3,9-10,13H2;1H/q+1;/p-1. The van der Waals surface area contributed by atoms with Crippen molar-refractivity contribution in [1.29, 1.82) is 0 Å². The summed E-state index contributed by atoms with van der Waals surface area (Å²) >= 11 is 1.42. The smallest absolute Gasteiger partial charge is 0.416 e. The first-order valence-electron chi connectivity index (χ1n) is 8.74. The molecular weight excluding hydrogens is 441 g/mol. The molecule has 1 aromatic carbocycles. The number of amidine groups is 1. The molecule has 146 valence electrons. The Morgan fingerprint density at radius 2 is 1.93 bits per heavy atom. The summed E-state index contributed by atoms with van der Waals surface area (Å²) in [5.74, 6) is 0.915. The Hall–Kier alpha value is -1.38. The highest BCUT2D eigenvalue weighted by molar-refractivity contribution is 7.10. The fourth-order valence-corrected chi connectivity index (χ4v) is 4.71. The highest BCUT2D eigenvalue weighted by Crippen LogP contribution is 2.41. The van der Waals surface area contributed by atoms with Gasteiger partial charge in [-0.1, -0.05) is 12.1 Å². The van der Waals surface area contributed by atoms with Gasteiger partial charge < -0.3 is 22.1 Å². The molecule has 3 nitrogen and oxygen atoms in total. The molecule has 1 N–H and O–H groups in total. The van der Waals surface area contributed by atoms with Gasteiger partial charge in [-0.15, -0.1) is 11.3 Å². The molecule has 4 rings (SSSR count). The van der Waals surface area contributed by atoms with Crippen molar-refractivity contribution in [3.05, 3.63) is 52.2 Å². The van der Waals surface area contributed by atoms with Gasteiger partial charge in [-0.2, -0.15) is 18.1 Å². The van der Waals surface area contributed by atoms with Gasteiger partial charge in [0.15, 0.2) is 6.54 Å². The molecule has 1 atom stereocenters. The van der Waals surface area contributed by atoms with Crippen LogP contribution in [0.5, 0.6) is 0 Å². The first-order valence-corrected chi connectivity index (χ1v) is 9.62. The van der Waals surface area contributed by atoms with Crippen molar-refractivity contribution >= 4 is 22.9 Å². The Morgan fingerprint density at radius 3 is 2.63 bits per heavy atom. The van der Waals surface area contributed by atoms with E-state index in [9.17, 15) is 18.3 Å². The maximum atomic E-state index is 13.2. The maximum Gasteiger partial charge on any atom is 0.416 e. The normalized spacial score (nSPS) is 23.0. The van der Waals surface area contributed by atoms with Gasteiger partial charge in [0.25, 0.3) is 11.6 Å². The maximum absolute atomic E-state index is 13.2. The molecule has 2 aromatic rings. The molecule has 0 fully saturated rings. The second kappa shape index (κ2) is 7.56. The number of hydrogen-bond acceptors (Lipinski definition) is 3. The number of alkyl halides is 3. The highest BCUT2D eigenvalue weighted by Gasteiger charge is 2.55. The van der Waals surface area contributed by atoms with Crippen LogP contribution in [-0.2, 0) is 11.9 Å². The summed E-state index contributed by atoms with van der Waals surface area (Å²) in [5, 5.41) is 13.5. The van der Waals surface area contributed by atoms with Crippen LogP contribution in [0.25, 0.3) is 0 Å². The molecule has 2 aliphatic heterocycles. The minimum Gasteiger partial charge on any atom is -1.00 e. The zero-order chi connectivity index (χ0) is 18.4. The van der Waals surface area contributed by atoms with E-state index in [0.29, 0.717) is 12.2 Å². The summed E-state index contributed by atoms with van der Waals surface area (Å²) in [6.07, 6.45) is -0.565. The number of anilines is 1. The molecule has 0 aliphatic carbocycles. The van der Waals surface area contributed by atoms with E-state index in [-0.39, 0.29) is 17.0 Å². The van der Waals surface area contributed by atoms with Gasteiger partial charge in [0.1, 0.15) is 5.69 Å². The minimum atomic E-state index is -4.41. The van der Waals surface area contributed by atoms with Crippen LogP contribution < -0.4 is 21.9 Å². The van der Waals surface area contributed by atoms with E-state index in [2.05, 4.69) is 4.58 Å². The predicted molar refractivity (Wildman–Crippen MR) is 95.6 cm³/mol. The molecule has 0 radical (unpaired) electrons. The molecule has 8 heteroatoms. The van der Waals surface area contributed by atoms with E-state index in [4.69, 9.17) is 0 Å². The van der Waals surface area contributed by atoms with Crippen molar-refractivity contribution in [3.8, 4) is 0 Å². The van der Waals surface area contributed by atoms with E-state index >= 15 is 0 Å². The van der Waals surface area contributed by atoms with Gasteiger partial charge in [0, 0.05) is 6.42 Å². The monoisotopic (exact) mass is 460 g/mol. The molecule has 3 heterocycles. The van der Waals surface area contributed by atoms with E-state index in [1.54, 1.807) is 11.0 Å². The van der Waals surface area contributed by atoms with Crippen molar-refractivity contribution < 1.29 is 39.8 Å². The summed E-state index contributed by atoms with van der Waals surface area (Å²) in [4.78, 5) is 2.47. The zero-order valence-electron chi connectivity index (χ0n) is 14.5. The molecule has 1 unspecified atom stereocenters. The summed E-state index contributed by atoms with van der Waals surface area (Å²) in [6, 6.07) is 8.97. The summed E-state index contributed by atoms with van der Waals surface area (Å²) < 4.78 is 41.8. The Kier molecular flexibility index (Phi) is 5.70. The largest absolute Gasteiger partial charge is 1.00 e. The third-order valence-corrected chi connectivity index (χ3v) is 6.09. The van der Waals surface area contributed by atoms with E-state index in [1.165, 1.54) is 17.4 Å². The Morgan fingerprint density at radius 1 is 1.11 bits per heavy atom. The van der Waals surface area contributed by atoms with Gasteiger partial charge in [0.05, 0.1) is 17.0 Å². The van der Waals surface area contributed by atoms with Gasteiger partial charge in [-0.3, -0.25) is 4.58 Å². The van der Waals surface area contributed by atoms with Crippen LogP contribution in [-0.4, -0.2) is 28.6 Å². The minimum absolute atomic E-state index is 0. The molecule has 0 spiro atoms. The van der Waals surface area contributed by atoms with Crippen molar-refractivity contribution in [2.75, 3.05) is 18.0 Å². The van der Waals surface area contributed by atoms with Gasteiger partial charge in [-0.05, 0) is 48.9 Å². The number of halogens is 4. The summed E-state index contributed by atoms with van der Waals surface area (Å²) in [5.41, 5.74) is -1.66. The summed E-state index contributed by atoms with van der Waals surface area (Å²) in [6.45, 7) is 1.19. The Balaban J connectivity index is 0.00000210. The molecule has 0 saturated heterocycles. The molecule has 0 saturated carbocycles. The van der Waals surface area contributed by atoms with Crippen LogP contribution >= 0.6 is 11.3 Å². The van der Waals surface area contributed by atoms with E-state index in [1.807, 2.05) is 17.5 Å². The van der Waals surface area contributed by atoms with Crippen LogP contribution in [0.4, 0.5) is 18.9 Å². The lowest BCUT2D eigenvalue weighted by Gasteiger charge is -2.28. The van der Waals surface area contributed by atoms with Crippen molar-refractivity contribution in [2.24, 2.45) is 0 Å². The third-order valence-electron chi connectivity index (χ3n) is 5.08. The molecule has 27 heavy (non-hydrogen) atoms. The average molecular weight is 461 g/mol. The number of hydrogen-bond donors (Lipinski definition) is 1. The Bertz CT molecular complexity index is 838. The van der Waals surface area contributed by atoms with E-state index < -0.39 is 17.5 Å². The van der Waals surface area contributed by atoms with Crippen LogP contribution in [0.15, 0.2) is 41.8 Å². The first kappa shape index (κ1) is 20.4. The molecule has 0 bridgehead atoms. The van der Waals surface area contributed by atoms with Crippen LogP contribution in [0.2, 0.25) is 0 Å². The van der Waals surface area contributed by atoms with Crippen molar-refractivity contribution in [1.82, 2.24) is 0 Å². The highest BCUT2D eigenvalue weighted by atomic mass is 79.9. The lowest BCUT2D eigenvalue weighted by molar-refractivity contribution is -0.534. The van der Waals surface area contributed by atoms with E-state index in [0.717, 1.165) is 55.1 Å². The van der Waals surface area contributed by atoms with Crippen LogP contribution in [0.3, 0.4) is 0 Å². The molecule has 1 aromatic heterocycles. The second-order valence-electron chi connectivity index (χ2n) is 6.83. The first-order chi connectivity index (χ1) is 12.4. The Labute approximate surface area is 170 Å². The number of benzene rings is 1. The van der Waals surface area contributed by atoms with Crippen LogP contribution in [0, 0.1) is 0 Å². The second-order valence-corrected chi connectivity index (χ2v) is 7.77. The third kappa shape index (κ3) is 3.67. The lowest BCUT2D eigenvalue weighted by Crippen LogP contribution is -3.00. The SMILES string of the molecule is OC1(c2cccs2)C[N+]2=C(CCCCC2)N1c1cccc(C(F)(F)F)c1.[Br-]. The predicted octanol–water partition coefficient (Wildman–Crippen LogP) is 1.42. The van der Waals surface area contributed by atoms with Crippen LogP contribution in [0.1, 0.15) is 36.1 Å². The van der Waals surface area contributed by atoms with Crippen molar-refractivity contribution in [2.45, 2.75) is 37.6 Å².